The van der Waals surface area contributed by atoms with Crippen LogP contribution in [0.15, 0.2) is 58.8 Å². The number of aromatic nitrogens is 1. The molecule has 1 aromatic heterocycles. The molecule has 174 valence electrons. The highest BCUT2D eigenvalue weighted by Crippen LogP contribution is 2.25. The van der Waals surface area contributed by atoms with E-state index < -0.39 is 5.97 Å². The Morgan fingerprint density at radius 3 is 2.74 bits per heavy atom. The number of ether oxygens (including phenoxy) is 1. The first-order valence-electron chi connectivity index (χ1n) is 10.3. The number of esters is 1. The highest BCUT2D eigenvalue weighted by molar-refractivity contribution is 8.00. The molecule has 0 saturated carbocycles. The molecule has 0 saturated heterocycles. The van der Waals surface area contributed by atoms with Gasteiger partial charge in [-0.05, 0) is 37.3 Å². The molecular weight excluding hydrogens is 472 g/mol. The third kappa shape index (κ3) is 6.66. The number of anilines is 2. The maximum Gasteiger partial charge on any atom is 0.339 e. The number of benzene rings is 2. The maximum absolute atomic E-state index is 12.7. The molecule has 3 rings (SSSR count). The molecule has 0 bridgehead atoms. The lowest BCUT2D eigenvalue weighted by Crippen LogP contribution is -2.27. The summed E-state index contributed by atoms with van der Waals surface area (Å²) in [6.45, 7) is 3.81. The number of rotatable bonds is 9. The normalized spacial score (nSPS) is 10.3. The molecule has 2 aromatic carbocycles. The van der Waals surface area contributed by atoms with Crippen LogP contribution < -0.4 is 10.2 Å². The van der Waals surface area contributed by atoms with Crippen molar-refractivity contribution < 1.29 is 19.1 Å². The minimum absolute atomic E-state index is 0.0283. The minimum atomic E-state index is -0.529. The van der Waals surface area contributed by atoms with Crippen LogP contribution in [0.5, 0.6) is 0 Å². The zero-order valence-corrected chi connectivity index (χ0v) is 20.2. The predicted molar refractivity (Wildman–Crippen MR) is 132 cm³/mol. The molecule has 1 heterocycles. The van der Waals surface area contributed by atoms with Crippen LogP contribution >= 0.6 is 23.1 Å². The van der Waals surface area contributed by atoms with Crippen molar-refractivity contribution in [1.29, 1.82) is 5.26 Å². The lowest BCUT2D eigenvalue weighted by molar-refractivity contribution is -0.116. The van der Waals surface area contributed by atoms with Gasteiger partial charge in [-0.25, -0.2) is 9.78 Å². The van der Waals surface area contributed by atoms with Crippen molar-refractivity contribution in [2.24, 2.45) is 0 Å². The monoisotopic (exact) mass is 494 g/mol. The third-order valence-electron chi connectivity index (χ3n) is 4.56. The number of carbonyl (C=O) groups excluding carboxylic acids is 3. The van der Waals surface area contributed by atoms with Gasteiger partial charge in [-0.2, -0.15) is 5.26 Å². The summed E-state index contributed by atoms with van der Waals surface area (Å²) in [5, 5.41) is 14.0. The molecule has 2 amide bonds. The Labute approximate surface area is 205 Å². The van der Waals surface area contributed by atoms with Gasteiger partial charge in [-0.3, -0.25) is 14.5 Å². The van der Waals surface area contributed by atoms with E-state index in [1.54, 1.807) is 58.8 Å². The van der Waals surface area contributed by atoms with Gasteiger partial charge < -0.3 is 10.1 Å². The summed E-state index contributed by atoms with van der Waals surface area (Å²) >= 11 is 2.52. The number of carbonyl (C=O) groups is 3. The lowest BCUT2D eigenvalue weighted by Gasteiger charge is -2.14. The van der Waals surface area contributed by atoms with Crippen molar-refractivity contribution in [3.05, 3.63) is 70.7 Å². The molecule has 3 aromatic rings. The standard InChI is InChI=1S/C24H22N4O4S2/c1-3-28(16(2)29)24-27-19(14-34-24)13-32-23(31)20-9-4-5-10-21(20)33-15-22(30)26-18-8-6-7-17(11-18)12-25/h4-11,14H,3,13,15H2,1-2H3,(H,26,30). The van der Waals surface area contributed by atoms with Crippen molar-refractivity contribution in [2.75, 3.05) is 22.5 Å². The van der Waals surface area contributed by atoms with Crippen molar-refractivity contribution >= 4 is 51.7 Å². The number of thioether (sulfide) groups is 1. The average Bonchev–Trinajstić information content (AvgIpc) is 3.30. The molecule has 0 spiro atoms. The van der Waals surface area contributed by atoms with Crippen molar-refractivity contribution in [1.82, 2.24) is 4.98 Å². The highest BCUT2D eigenvalue weighted by atomic mass is 32.2. The second-order valence-electron chi connectivity index (χ2n) is 6.99. The summed E-state index contributed by atoms with van der Waals surface area (Å²) in [7, 11) is 0. The number of nitrogens with one attached hydrogen (secondary N) is 1. The number of thiazole rings is 1. The summed E-state index contributed by atoms with van der Waals surface area (Å²) < 4.78 is 5.43. The molecule has 0 aliphatic rings. The van der Waals surface area contributed by atoms with Crippen LogP contribution in [-0.4, -0.2) is 35.1 Å². The maximum atomic E-state index is 12.7. The highest BCUT2D eigenvalue weighted by Gasteiger charge is 2.17. The van der Waals surface area contributed by atoms with Crippen LogP contribution in [0, 0.1) is 11.3 Å². The molecule has 10 heteroatoms. The molecule has 0 atom stereocenters. The molecule has 34 heavy (non-hydrogen) atoms. The van der Waals surface area contributed by atoms with Crippen molar-refractivity contribution in [3.63, 3.8) is 0 Å². The van der Waals surface area contributed by atoms with Crippen LogP contribution in [0.3, 0.4) is 0 Å². The van der Waals surface area contributed by atoms with E-state index in [0.29, 0.717) is 39.1 Å². The Morgan fingerprint density at radius 2 is 2.00 bits per heavy atom. The molecule has 0 unspecified atom stereocenters. The van der Waals surface area contributed by atoms with Crippen LogP contribution in [0.25, 0.3) is 0 Å². The molecule has 0 aliphatic carbocycles. The summed E-state index contributed by atoms with van der Waals surface area (Å²) in [5.41, 5.74) is 1.89. The number of hydrogen-bond donors (Lipinski definition) is 1. The Bertz CT molecular complexity index is 1240. The number of amides is 2. The van der Waals surface area contributed by atoms with E-state index in [9.17, 15) is 14.4 Å². The van der Waals surface area contributed by atoms with Gasteiger partial charge in [0.1, 0.15) is 6.61 Å². The van der Waals surface area contributed by atoms with Crippen molar-refractivity contribution in [3.8, 4) is 6.07 Å². The first-order chi connectivity index (χ1) is 16.4. The summed E-state index contributed by atoms with van der Waals surface area (Å²) in [6.07, 6.45) is 0. The third-order valence-corrected chi connectivity index (χ3v) is 6.55. The van der Waals surface area contributed by atoms with E-state index in [-0.39, 0.29) is 24.2 Å². The van der Waals surface area contributed by atoms with Gasteiger partial charge in [0.15, 0.2) is 5.13 Å². The topological polar surface area (TPSA) is 112 Å². The Balaban J connectivity index is 1.58. The predicted octanol–water partition coefficient (Wildman–Crippen LogP) is 4.48. The zero-order chi connectivity index (χ0) is 24.5. The van der Waals surface area contributed by atoms with Gasteiger partial charge >= 0.3 is 5.97 Å². The summed E-state index contributed by atoms with van der Waals surface area (Å²) in [4.78, 5) is 43.2. The van der Waals surface area contributed by atoms with E-state index in [4.69, 9.17) is 10.00 Å². The van der Waals surface area contributed by atoms with Gasteiger partial charge in [0, 0.05) is 29.4 Å². The first-order valence-corrected chi connectivity index (χ1v) is 12.2. The van der Waals surface area contributed by atoms with E-state index in [2.05, 4.69) is 10.3 Å². The fourth-order valence-electron chi connectivity index (χ4n) is 2.96. The SMILES string of the molecule is CCN(C(C)=O)c1nc(COC(=O)c2ccccc2SCC(=O)Nc2cccc(C#N)c2)cs1. The molecular formula is C24H22N4O4S2. The van der Waals surface area contributed by atoms with Gasteiger partial charge in [-0.15, -0.1) is 23.1 Å². The van der Waals surface area contributed by atoms with E-state index >= 15 is 0 Å². The van der Waals surface area contributed by atoms with E-state index in [1.807, 2.05) is 13.0 Å². The Morgan fingerprint density at radius 1 is 1.21 bits per heavy atom. The molecule has 0 radical (unpaired) electrons. The summed E-state index contributed by atoms with van der Waals surface area (Å²) in [5.74, 6) is -0.815. The van der Waals surface area contributed by atoms with Gasteiger partial charge in [-0.1, -0.05) is 18.2 Å². The Kier molecular flexibility index (Phi) is 8.79. The Hall–Kier alpha value is -3.68. The lowest BCUT2D eigenvalue weighted by atomic mass is 10.2. The van der Waals surface area contributed by atoms with Crippen LogP contribution in [0.4, 0.5) is 10.8 Å². The first kappa shape index (κ1) is 25.0. The van der Waals surface area contributed by atoms with Crippen LogP contribution in [-0.2, 0) is 20.9 Å². The minimum Gasteiger partial charge on any atom is -0.456 e. The van der Waals surface area contributed by atoms with E-state index in [0.717, 1.165) is 0 Å². The molecule has 1 N–H and O–H groups in total. The van der Waals surface area contributed by atoms with Gasteiger partial charge in [0.05, 0.1) is 28.6 Å². The second kappa shape index (κ2) is 12.0. The fraction of sp³-hybridized carbons (Fsp3) is 0.208. The zero-order valence-electron chi connectivity index (χ0n) is 18.6. The number of nitriles is 1. The van der Waals surface area contributed by atoms with E-state index in [1.165, 1.54) is 30.0 Å². The fourth-order valence-corrected chi connectivity index (χ4v) is 4.72. The number of nitrogens with zero attached hydrogens (tertiary/aromatic N) is 3. The van der Waals surface area contributed by atoms with Gasteiger partial charge in [0.2, 0.25) is 11.8 Å². The second-order valence-corrected chi connectivity index (χ2v) is 8.84. The summed E-state index contributed by atoms with van der Waals surface area (Å²) in [6, 6.07) is 15.6. The number of hydrogen-bond acceptors (Lipinski definition) is 8. The molecule has 8 nitrogen and oxygen atoms in total. The van der Waals surface area contributed by atoms with Crippen LogP contribution in [0.1, 0.15) is 35.5 Å². The van der Waals surface area contributed by atoms with Crippen molar-refractivity contribution in [2.45, 2.75) is 25.3 Å². The average molecular weight is 495 g/mol. The smallest absolute Gasteiger partial charge is 0.339 e. The molecule has 0 fully saturated rings. The van der Waals surface area contributed by atoms with Crippen LogP contribution in [0.2, 0.25) is 0 Å². The van der Waals surface area contributed by atoms with Gasteiger partial charge in [0.25, 0.3) is 0 Å². The largest absolute Gasteiger partial charge is 0.456 e. The quantitative estimate of drug-likeness (QED) is 0.345. The molecule has 0 aliphatic heterocycles.